The Bertz CT molecular complexity index is 1730. The summed E-state index contributed by atoms with van der Waals surface area (Å²) in [5.74, 6) is -0.470. The summed E-state index contributed by atoms with van der Waals surface area (Å²) < 4.78 is 5.05. The van der Waals surface area contributed by atoms with Crippen LogP contribution in [0, 0.1) is 11.8 Å². The van der Waals surface area contributed by atoms with E-state index in [-0.39, 0.29) is 84.8 Å². The lowest BCUT2D eigenvalue weighted by Gasteiger charge is -2.27. The maximum absolute atomic E-state index is 13.3. The lowest BCUT2D eigenvalue weighted by molar-refractivity contribution is -0.139. The molecule has 7 unspecified atom stereocenters. The second-order valence-corrected chi connectivity index (χ2v) is 19.2. The summed E-state index contributed by atoms with van der Waals surface area (Å²) in [5.41, 5.74) is 15.7. The van der Waals surface area contributed by atoms with Crippen molar-refractivity contribution in [2.24, 2.45) is 28.4 Å². The van der Waals surface area contributed by atoms with Gasteiger partial charge in [0, 0.05) is 102 Å². The number of carboxylic acids is 1. The number of fused-ring (bicyclic) bond motifs is 4. The molecular formula is C39H60N8O10S3. The highest BCUT2D eigenvalue weighted by Crippen LogP contribution is 2.49. The fourth-order valence-electron chi connectivity index (χ4n) is 7.03. The molecule has 0 spiro atoms. The highest BCUT2D eigenvalue weighted by molar-refractivity contribution is 8.76. The van der Waals surface area contributed by atoms with Crippen molar-refractivity contribution in [3.8, 4) is 0 Å². The zero-order chi connectivity index (χ0) is 44.7. The van der Waals surface area contributed by atoms with Crippen molar-refractivity contribution >= 4 is 86.8 Å². The minimum atomic E-state index is -1.12. The number of imide groups is 1. The molecule has 1 aliphatic carbocycles. The number of primary amides is 1. The molecule has 0 bridgehead atoms. The first-order chi connectivity index (χ1) is 28.5. The summed E-state index contributed by atoms with van der Waals surface area (Å²) in [6.07, 6.45) is 1.96. The van der Waals surface area contributed by atoms with Gasteiger partial charge in [0.15, 0.2) is 5.78 Å². The van der Waals surface area contributed by atoms with Gasteiger partial charge in [-0.15, -0.1) is 0 Å². The summed E-state index contributed by atoms with van der Waals surface area (Å²) in [6.45, 7) is 12.5. The summed E-state index contributed by atoms with van der Waals surface area (Å²) in [6, 6.07) is -0.468. The number of rotatable bonds is 24. The van der Waals surface area contributed by atoms with Crippen LogP contribution in [0.3, 0.4) is 0 Å². The molecule has 0 aromatic carbocycles. The van der Waals surface area contributed by atoms with Crippen molar-refractivity contribution < 1.29 is 48.2 Å². The van der Waals surface area contributed by atoms with Gasteiger partial charge in [-0.1, -0.05) is 49.3 Å². The molecule has 3 aliphatic heterocycles. The van der Waals surface area contributed by atoms with E-state index in [1.54, 1.807) is 42.4 Å². The first kappa shape index (κ1) is 50.4. The minimum Gasteiger partial charge on any atom is -0.480 e. The number of hydrazone groups is 1. The second kappa shape index (κ2) is 24.5. The minimum absolute atomic E-state index is 0.00690. The quantitative estimate of drug-likeness (QED) is 0.0154. The number of ether oxygens (including phenoxy) is 1. The van der Waals surface area contributed by atoms with Crippen LogP contribution in [0.5, 0.6) is 0 Å². The van der Waals surface area contributed by atoms with Crippen LogP contribution in [0.15, 0.2) is 27.5 Å². The molecule has 0 aromatic rings. The number of ketones is 2. The number of nitrogens with zero attached hydrogens (tertiary/aromatic N) is 3. The van der Waals surface area contributed by atoms with Crippen molar-refractivity contribution in [1.82, 2.24) is 25.9 Å². The Kier molecular flexibility index (Phi) is 20.6. The van der Waals surface area contributed by atoms with E-state index in [0.717, 1.165) is 29.2 Å². The molecule has 334 valence electrons. The van der Waals surface area contributed by atoms with E-state index >= 15 is 0 Å². The molecule has 8 N–H and O–H groups in total. The molecule has 21 heteroatoms. The summed E-state index contributed by atoms with van der Waals surface area (Å²) in [4.78, 5) is 98.6. The van der Waals surface area contributed by atoms with Gasteiger partial charge in [-0.25, -0.2) is 10.2 Å². The number of aliphatic carboxylic acids is 1. The number of nitrogens with two attached hydrogens (primary N) is 2. The van der Waals surface area contributed by atoms with Gasteiger partial charge in [0.2, 0.25) is 29.9 Å². The number of allylic oxidation sites excluding steroid dienone is 2. The predicted octanol–water partition coefficient (Wildman–Crippen LogP) is 1.97. The molecule has 0 aromatic heterocycles. The number of thioether (sulfide) groups is 1. The Hall–Kier alpha value is -3.92. The van der Waals surface area contributed by atoms with Gasteiger partial charge in [0.25, 0.3) is 0 Å². The number of carbonyl (C=O) groups is 8. The van der Waals surface area contributed by atoms with Crippen LogP contribution in [0.1, 0.15) is 80.1 Å². The third kappa shape index (κ3) is 14.3. The second-order valence-electron chi connectivity index (χ2n) is 15.1. The lowest BCUT2D eigenvalue weighted by Crippen LogP contribution is -2.40. The molecule has 60 heavy (non-hydrogen) atoms. The molecule has 7 atom stereocenters. The smallest absolute Gasteiger partial charge is 0.404 e. The van der Waals surface area contributed by atoms with E-state index in [1.165, 1.54) is 11.8 Å². The van der Waals surface area contributed by atoms with Gasteiger partial charge in [0.1, 0.15) is 12.6 Å². The highest BCUT2D eigenvalue weighted by atomic mass is 33.1. The Labute approximate surface area is 363 Å². The Morgan fingerprint density at radius 1 is 1.08 bits per heavy atom. The van der Waals surface area contributed by atoms with Crippen molar-refractivity contribution in [2.45, 2.75) is 109 Å². The summed E-state index contributed by atoms with van der Waals surface area (Å²) in [7, 11) is 3.52. The first-order valence-electron chi connectivity index (χ1n) is 20.1. The van der Waals surface area contributed by atoms with Gasteiger partial charge in [-0.2, -0.15) is 16.9 Å². The molecule has 2 fully saturated rings. The van der Waals surface area contributed by atoms with Gasteiger partial charge < -0.3 is 36.8 Å². The van der Waals surface area contributed by atoms with Crippen LogP contribution in [-0.2, 0) is 38.3 Å². The normalized spacial score (nSPS) is 21.8. The van der Waals surface area contributed by atoms with Crippen LogP contribution in [0.2, 0.25) is 0 Å². The van der Waals surface area contributed by atoms with Crippen molar-refractivity contribution in [3.63, 3.8) is 0 Å². The van der Waals surface area contributed by atoms with Crippen LogP contribution >= 0.6 is 33.3 Å². The van der Waals surface area contributed by atoms with Crippen LogP contribution < -0.4 is 27.5 Å². The summed E-state index contributed by atoms with van der Waals surface area (Å²) >= 11 is 1.22. The fraction of sp³-hybridized carbons (Fsp3) is 0.667. The Morgan fingerprint density at radius 3 is 2.42 bits per heavy atom. The molecule has 5 amide bonds. The molecule has 3 heterocycles. The predicted molar refractivity (Wildman–Crippen MR) is 233 cm³/mol. The van der Waals surface area contributed by atoms with Crippen molar-refractivity contribution in [3.05, 3.63) is 22.4 Å². The van der Waals surface area contributed by atoms with E-state index in [1.807, 2.05) is 18.7 Å². The number of hydrogen-bond donors (Lipinski definition) is 6. The molecule has 0 radical (unpaired) electrons. The Morgan fingerprint density at radius 2 is 1.78 bits per heavy atom. The molecule has 2 saturated heterocycles. The lowest BCUT2D eigenvalue weighted by atomic mass is 9.77. The Balaban J connectivity index is 0.000000335. The van der Waals surface area contributed by atoms with Gasteiger partial charge in [-0.3, -0.25) is 38.5 Å². The number of hydrogen-bond acceptors (Lipinski definition) is 16. The number of amides is 5. The number of nitrogens with one attached hydrogen (secondary N) is 3. The first-order valence-corrected chi connectivity index (χ1v) is 23.7. The van der Waals surface area contributed by atoms with E-state index in [2.05, 4.69) is 28.1 Å². The maximum atomic E-state index is 13.3. The van der Waals surface area contributed by atoms with Gasteiger partial charge in [0.05, 0.1) is 11.7 Å². The molecule has 18 nitrogen and oxygen atoms in total. The van der Waals surface area contributed by atoms with Crippen molar-refractivity contribution in [1.29, 1.82) is 0 Å². The van der Waals surface area contributed by atoms with Crippen LogP contribution in [-0.4, -0.2) is 141 Å². The topological polar surface area (TPSA) is 283 Å². The maximum Gasteiger partial charge on any atom is 0.404 e. The van der Waals surface area contributed by atoms with E-state index in [9.17, 15) is 38.4 Å². The largest absolute Gasteiger partial charge is 0.480 e. The zero-order valence-electron chi connectivity index (χ0n) is 35.2. The third-order valence-corrected chi connectivity index (χ3v) is 14.4. The molecule has 0 saturated carbocycles. The van der Waals surface area contributed by atoms with Gasteiger partial charge >= 0.3 is 12.1 Å². The van der Waals surface area contributed by atoms with E-state index < -0.39 is 29.9 Å². The van der Waals surface area contributed by atoms with Crippen LogP contribution in [0.4, 0.5) is 4.79 Å². The van der Waals surface area contributed by atoms with Gasteiger partial charge in [-0.05, 0) is 39.0 Å². The molecule has 4 aliphatic rings. The average Bonchev–Trinajstić information content (AvgIpc) is 3.75. The number of piperazine rings is 1. The van der Waals surface area contributed by atoms with Crippen LogP contribution in [0.25, 0.3) is 0 Å². The highest BCUT2D eigenvalue weighted by Gasteiger charge is 2.62. The molecular weight excluding hydrogens is 837 g/mol. The van der Waals surface area contributed by atoms with E-state index in [4.69, 9.17) is 21.3 Å². The monoisotopic (exact) mass is 896 g/mol. The fourth-order valence-corrected chi connectivity index (χ4v) is 10.0. The average molecular weight is 897 g/mol. The number of carbonyl (C=O) groups excluding carboxylic acids is 7. The standard InChI is InChI=1S/C21H37N5O6S3.C18H23N3O4/c1-4-10-34-35-11-8-23-18(28)6-5-15(2)24-25-19(29)7-9-26(14-27)20(30)12-16(3)33-13-17(22)21(31)32;1-4-7(2)11-8(3)16(22)15-12(17(11)23)9(6-25-18(19)24)14-13-10(20-13)5-21(14)15/h14,16-17H,4-13,22H2,1-3H3,(H,23,28)(H,25,29)(H,31,32);7,9-10,13-14,20H,4-6H2,1-3H3,(H2,19,24)/b24-15+;. The van der Waals surface area contributed by atoms with Crippen molar-refractivity contribution in [2.75, 3.05) is 43.5 Å². The molecule has 4 rings (SSSR count). The zero-order valence-corrected chi connectivity index (χ0v) is 37.6. The third-order valence-electron chi connectivity index (χ3n) is 10.5. The number of Topliss-reactive ketones (excluding diaryl/α,β-unsaturated/α-hetero) is 2. The number of carboxylic acid groups (broad SMARTS) is 1. The van der Waals surface area contributed by atoms with E-state index in [0.29, 0.717) is 60.1 Å². The summed E-state index contributed by atoms with van der Waals surface area (Å²) in [5, 5.41) is 18.7. The SMILES string of the molecule is CCC(C)C1=C(C)C(=O)C2=C(C1=O)C(COC(N)=O)C1C3NC3CN21.CCCSSCCNC(=O)CC/C(C)=N/NC(=O)CCN(C=O)C(=O)CC(C)SCC(N)C(=O)O.